The molecule has 19 heavy (non-hydrogen) atoms. The molecule has 0 amide bonds. The van der Waals surface area contributed by atoms with E-state index < -0.39 is 0 Å². The molecule has 0 aromatic carbocycles. The Kier molecular flexibility index (Phi) is 3.19. The second kappa shape index (κ2) is 4.72. The molecule has 0 aliphatic carbocycles. The number of hydrogen-bond acceptors (Lipinski definition) is 4. The van der Waals surface area contributed by atoms with Crippen LogP contribution in [0, 0.1) is 11.8 Å². The first-order valence-corrected chi connectivity index (χ1v) is 6.99. The van der Waals surface area contributed by atoms with Crippen molar-refractivity contribution in [2.45, 2.75) is 39.5 Å². The van der Waals surface area contributed by atoms with Crippen LogP contribution in [-0.4, -0.2) is 25.6 Å². The molecule has 2 aromatic rings. The zero-order valence-electron chi connectivity index (χ0n) is 11.2. The third-order valence-electron chi connectivity index (χ3n) is 4.17. The van der Waals surface area contributed by atoms with Crippen molar-refractivity contribution in [2.75, 3.05) is 0 Å². The van der Waals surface area contributed by atoms with Gasteiger partial charge in [-0.25, -0.2) is 15.0 Å². The Hall–Kier alpha value is -1.20. The minimum atomic E-state index is -0.0316. The molecule has 0 bridgehead atoms. The quantitative estimate of drug-likeness (QED) is 0.794. The molecule has 102 valence electrons. The second-order valence-corrected chi connectivity index (χ2v) is 5.54. The van der Waals surface area contributed by atoms with Crippen molar-refractivity contribution in [1.29, 1.82) is 0 Å². The van der Waals surface area contributed by atoms with Crippen molar-refractivity contribution < 1.29 is 4.74 Å². The Labute approximate surface area is 117 Å². The molecule has 3 rings (SSSR count). The molecule has 1 fully saturated rings. The van der Waals surface area contributed by atoms with Crippen molar-refractivity contribution >= 4 is 22.8 Å². The van der Waals surface area contributed by atoms with Gasteiger partial charge in [0.25, 0.3) is 0 Å². The first-order chi connectivity index (χ1) is 9.13. The van der Waals surface area contributed by atoms with Crippen LogP contribution in [0.3, 0.4) is 0 Å². The molecule has 4 atom stereocenters. The first-order valence-electron chi connectivity index (χ1n) is 6.62. The van der Waals surface area contributed by atoms with E-state index >= 15 is 0 Å². The van der Waals surface area contributed by atoms with Crippen LogP contribution in [0.4, 0.5) is 0 Å². The number of ether oxygens (including phenoxy) is 1. The van der Waals surface area contributed by atoms with Crippen molar-refractivity contribution in [3.05, 3.63) is 17.8 Å². The summed E-state index contributed by atoms with van der Waals surface area (Å²) in [7, 11) is 0. The van der Waals surface area contributed by atoms with E-state index in [0.29, 0.717) is 22.5 Å². The standard InChI is InChI=1S/C13H17ClN4O/c1-4-9-7(2)8(3)13(19-9)18-6-17-10-11(14)15-5-16-12(10)18/h5-9,13H,4H2,1-3H3/t7-,8?,9+,13+/m0/s1. The molecule has 0 N–H and O–H groups in total. The van der Waals surface area contributed by atoms with Crippen LogP contribution in [0.1, 0.15) is 33.4 Å². The number of rotatable bonds is 2. The van der Waals surface area contributed by atoms with Crippen LogP contribution in [0.15, 0.2) is 12.7 Å². The molecular formula is C13H17ClN4O. The van der Waals surface area contributed by atoms with Gasteiger partial charge < -0.3 is 4.74 Å². The van der Waals surface area contributed by atoms with E-state index in [-0.39, 0.29) is 12.3 Å². The third-order valence-corrected chi connectivity index (χ3v) is 4.45. The summed E-state index contributed by atoms with van der Waals surface area (Å²) in [4.78, 5) is 12.5. The summed E-state index contributed by atoms with van der Waals surface area (Å²) in [6.45, 7) is 6.60. The van der Waals surface area contributed by atoms with Gasteiger partial charge in [0.15, 0.2) is 10.8 Å². The highest BCUT2D eigenvalue weighted by atomic mass is 35.5. The SMILES string of the molecule is CC[C@H]1O[C@@H](n2cnc3c(Cl)ncnc32)C(C)[C@@H]1C. The van der Waals surface area contributed by atoms with Crippen LogP contribution < -0.4 is 0 Å². The molecule has 1 saturated heterocycles. The fraction of sp³-hybridized carbons (Fsp3) is 0.615. The lowest BCUT2D eigenvalue weighted by Crippen LogP contribution is -2.15. The van der Waals surface area contributed by atoms with Gasteiger partial charge in [-0.05, 0) is 12.3 Å². The smallest absolute Gasteiger partial charge is 0.166 e. The summed E-state index contributed by atoms with van der Waals surface area (Å²) < 4.78 is 8.12. The van der Waals surface area contributed by atoms with E-state index in [2.05, 4.69) is 35.7 Å². The zero-order chi connectivity index (χ0) is 13.6. The molecule has 1 unspecified atom stereocenters. The number of imidazole rings is 1. The van der Waals surface area contributed by atoms with Gasteiger partial charge in [0, 0.05) is 5.92 Å². The van der Waals surface area contributed by atoms with E-state index in [1.807, 2.05) is 4.57 Å². The minimum absolute atomic E-state index is 0.0316. The molecule has 1 aliphatic rings. The summed E-state index contributed by atoms with van der Waals surface area (Å²) in [6.07, 6.45) is 4.48. The van der Waals surface area contributed by atoms with Crippen LogP contribution in [0.2, 0.25) is 5.15 Å². The normalized spacial score (nSPS) is 31.2. The third kappa shape index (κ3) is 1.92. The molecule has 5 nitrogen and oxygen atoms in total. The number of halogens is 1. The van der Waals surface area contributed by atoms with Crippen LogP contribution in [0.25, 0.3) is 11.2 Å². The summed E-state index contributed by atoms with van der Waals surface area (Å²) in [6, 6.07) is 0. The number of hydrogen-bond donors (Lipinski definition) is 0. The fourth-order valence-electron chi connectivity index (χ4n) is 2.82. The summed E-state index contributed by atoms with van der Waals surface area (Å²) in [5.74, 6) is 0.931. The van der Waals surface area contributed by atoms with Crippen molar-refractivity contribution in [1.82, 2.24) is 19.5 Å². The Bertz CT molecular complexity index is 599. The molecule has 1 aliphatic heterocycles. The Balaban J connectivity index is 2.04. The van der Waals surface area contributed by atoms with Crippen LogP contribution in [-0.2, 0) is 4.74 Å². The average molecular weight is 281 g/mol. The van der Waals surface area contributed by atoms with Gasteiger partial charge in [-0.3, -0.25) is 4.57 Å². The predicted octanol–water partition coefficient (Wildman–Crippen LogP) is 3.06. The Morgan fingerprint density at radius 3 is 2.74 bits per heavy atom. The van der Waals surface area contributed by atoms with Gasteiger partial charge >= 0.3 is 0 Å². The van der Waals surface area contributed by atoms with E-state index in [4.69, 9.17) is 16.3 Å². The summed E-state index contributed by atoms with van der Waals surface area (Å²) in [5, 5.41) is 0.384. The maximum absolute atomic E-state index is 6.15. The highest BCUT2D eigenvalue weighted by Gasteiger charge is 2.39. The Morgan fingerprint density at radius 1 is 1.26 bits per heavy atom. The van der Waals surface area contributed by atoms with Crippen LogP contribution >= 0.6 is 11.6 Å². The van der Waals surface area contributed by atoms with Crippen LogP contribution in [0.5, 0.6) is 0 Å². The topological polar surface area (TPSA) is 52.8 Å². The molecule has 0 saturated carbocycles. The highest BCUT2D eigenvalue weighted by molar-refractivity contribution is 6.33. The highest BCUT2D eigenvalue weighted by Crippen LogP contribution is 2.41. The maximum atomic E-state index is 6.15. The lowest BCUT2D eigenvalue weighted by atomic mass is 9.91. The molecular weight excluding hydrogens is 264 g/mol. The summed E-state index contributed by atoms with van der Waals surface area (Å²) in [5.41, 5.74) is 1.37. The van der Waals surface area contributed by atoms with E-state index in [1.54, 1.807) is 6.33 Å². The van der Waals surface area contributed by atoms with Gasteiger partial charge in [0.05, 0.1) is 12.4 Å². The van der Waals surface area contributed by atoms with Gasteiger partial charge in [-0.1, -0.05) is 32.4 Å². The number of aromatic nitrogens is 4. The van der Waals surface area contributed by atoms with Crippen molar-refractivity contribution in [3.8, 4) is 0 Å². The van der Waals surface area contributed by atoms with Gasteiger partial charge in [0.1, 0.15) is 18.1 Å². The number of fused-ring (bicyclic) bond motifs is 1. The lowest BCUT2D eigenvalue weighted by Gasteiger charge is -2.17. The van der Waals surface area contributed by atoms with E-state index in [1.165, 1.54) is 6.33 Å². The molecule has 6 heteroatoms. The lowest BCUT2D eigenvalue weighted by molar-refractivity contribution is -0.0120. The molecule has 2 aromatic heterocycles. The summed E-state index contributed by atoms with van der Waals surface area (Å²) >= 11 is 6.03. The van der Waals surface area contributed by atoms with Crippen molar-refractivity contribution in [3.63, 3.8) is 0 Å². The zero-order valence-corrected chi connectivity index (χ0v) is 12.0. The van der Waals surface area contributed by atoms with Gasteiger partial charge in [0.2, 0.25) is 0 Å². The monoisotopic (exact) mass is 280 g/mol. The number of nitrogens with zero attached hydrogens (tertiary/aromatic N) is 4. The van der Waals surface area contributed by atoms with Crippen molar-refractivity contribution in [2.24, 2.45) is 11.8 Å². The Morgan fingerprint density at radius 2 is 2.05 bits per heavy atom. The molecule has 0 spiro atoms. The average Bonchev–Trinajstić information content (AvgIpc) is 2.94. The minimum Gasteiger partial charge on any atom is -0.354 e. The van der Waals surface area contributed by atoms with Gasteiger partial charge in [-0.15, -0.1) is 0 Å². The largest absolute Gasteiger partial charge is 0.354 e. The van der Waals surface area contributed by atoms with E-state index in [0.717, 1.165) is 12.1 Å². The first kappa shape index (κ1) is 12.8. The molecule has 3 heterocycles. The molecule has 0 radical (unpaired) electrons. The maximum Gasteiger partial charge on any atom is 0.166 e. The predicted molar refractivity (Wildman–Crippen MR) is 72.9 cm³/mol. The fourth-order valence-corrected chi connectivity index (χ4v) is 3.00. The van der Waals surface area contributed by atoms with Gasteiger partial charge in [-0.2, -0.15) is 0 Å². The second-order valence-electron chi connectivity index (χ2n) is 5.18. The van der Waals surface area contributed by atoms with E-state index in [9.17, 15) is 0 Å².